The summed E-state index contributed by atoms with van der Waals surface area (Å²) in [6.45, 7) is 6.95. The molecule has 6 heteroatoms. The molecule has 1 aromatic heterocycles. The monoisotopic (exact) mass is 335 g/mol. The number of ether oxygens (including phenoxy) is 1. The molecule has 23 heavy (non-hydrogen) atoms. The molecule has 0 bridgehead atoms. The molecule has 0 unspecified atom stereocenters. The first-order valence-corrected chi connectivity index (χ1v) is 8.45. The smallest absolute Gasteiger partial charge is 0.268 e. The van der Waals surface area contributed by atoms with Crippen LogP contribution in [0.25, 0.3) is 10.9 Å². The molecule has 3 rings (SSSR count). The number of hydrogen-bond acceptors (Lipinski definition) is 3. The van der Waals surface area contributed by atoms with E-state index in [1.165, 1.54) is 0 Å². The minimum absolute atomic E-state index is 0.0533. The first-order valence-electron chi connectivity index (χ1n) is 8.07. The molecule has 2 aromatic rings. The van der Waals surface area contributed by atoms with Crippen LogP contribution in [0.3, 0.4) is 0 Å². The zero-order valence-electron chi connectivity index (χ0n) is 13.3. The zero-order valence-corrected chi connectivity index (χ0v) is 14.1. The molecule has 0 spiro atoms. The predicted octanol–water partition coefficient (Wildman–Crippen LogP) is 2.45. The summed E-state index contributed by atoms with van der Waals surface area (Å²) in [6.07, 6.45) is 0.784. The lowest BCUT2D eigenvalue weighted by Gasteiger charge is -2.26. The number of aromatic nitrogens is 1. The Morgan fingerprint density at radius 2 is 2.17 bits per heavy atom. The zero-order chi connectivity index (χ0) is 16.2. The van der Waals surface area contributed by atoms with Gasteiger partial charge >= 0.3 is 0 Å². The molecule has 1 aliphatic rings. The van der Waals surface area contributed by atoms with E-state index in [-0.39, 0.29) is 5.91 Å². The number of aromatic amines is 1. The van der Waals surface area contributed by atoms with Crippen LogP contribution in [-0.2, 0) is 11.2 Å². The summed E-state index contributed by atoms with van der Waals surface area (Å²) in [5, 5.41) is 4.72. The lowest BCUT2D eigenvalue weighted by Crippen LogP contribution is -2.41. The number of benzene rings is 1. The van der Waals surface area contributed by atoms with Gasteiger partial charge < -0.3 is 15.0 Å². The van der Waals surface area contributed by atoms with E-state index in [1.807, 2.05) is 25.1 Å². The summed E-state index contributed by atoms with van der Waals surface area (Å²) in [4.78, 5) is 18.0. The van der Waals surface area contributed by atoms with E-state index in [4.69, 9.17) is 16.3 Å². The molecule has 0 radical (unpaired) electrons. The lowest BCUT2D eigenvalue weighted by atomic mass is 10.1. The summed E-state index contributed by atoms with van der Waals surface area (Å²) in [7, 11) is 0. The number of hydrogen-bond donors (Lipinski definition) is 2. The minimum Gasteiger partial charge on any atom is -0.379 e. The molecular formula is C17H22ClN3O2. The van der Waals surface area contributed by atoms with Crippen molar-refractivity contribution in [3.63, 3.8) is 0 Å². The molecule has 124 valence electrons. The van der Waals surface area contributed by atoms with Crippen LogP contribution in [0.5, 0.6) is 0 Å². The molecule has 1 fully saturated rings. The van der Waals surface area contributed by atoms with E-state index in [0.717, 1.165) is 55.7 Å². The number of nitrogens with zero attached hydrogens (tertiary/aromatic N) is 1. The third-order valence-corrected chi connectivity index (χ3v) is 4.50. The van der Waals surface area contributed by atoms with Crippen LogP contribution < -0.4 is 5.32 Å². The molecular weight excluding hydrogens is 314 g/mol. The summed E-state index contributed by atoms with van der Waals surface area (Å²) >= 11 is 6.08. The summed E-state index contributed by atoms with van der Waals surface area (Å²) in [5.74, 6) is -0.0533. The largest absolute Gasteiger partial charge is 0.379 e. The lowest BCUT2D eigenvalue weighted by molar-refractivity contribution is 0.0383. The number of aryl methyl sites for hydroxylation is 1. The van der Waals surface area contributed by atoms with E-state index < -0.39 is 0 Å². The van der Waals surface area contributed by atoms with Crippen LogP contribution in [0.2, 0.25) is 5.02 Å². The van der Waals surface area contributed by atoms with Crippen LogP contribution in [0.4, 0.5) is 0 Å². The van der Waals surface area contributed by atoms with E-state index in [2.05, 4.69) is 15.2 Å². The highest BCUT2D eigenvalue weighted by molar-refractivity contribution is 6.31. The topological polar surface area (TPSA) is 57.4 Å². The molecule has 0 atom stereocenters. The maximum atomic E-state index is 12.5. The number of H-pyrrole nitrogens is 1. The number of rotatable bonds is 5. The third kappa shape index (κ3) is 3.68. The second kappa shape index (κ2) is 7.34. The number of carbonyl (C=O) groups is 1. The van der Waals surface area contributed by atoms with E-state index in [0.29, 0.717) is 17.3 Å². The first kappa shape index (κ1) is 16.3. The minimum atomic E-state index is -0.0533. The second-order valence-electron chi connectivity index (χ2n) is 5.73. The number of morpholine rings is 1. The Hall–Kier alpha value is -1.56. The molecule has 1 aliphatic heterocycles. The van der Waals surface area contributed by atoms with Crippen molar-refractivity contribution in [3.05, 3.63) is 34.5 Å². The normalized spacial score (nSPS) is 15.9. The number of carbonyl (C=O) groups excluding carboxylic acids is 1. The van der Waals surface area contributed by atoms with Crippen molar-refractivity contribution in [1.82, 2.24) is 15.2 Å². The van der Waals surface area contributed by atoms with Gasteiger partial charge in [-0.15, -0.1) is 0 Å². The van der Waals surface area contributed by atoms with E-state index in [1.54, 1.807) is 0 Å². The average molecular weight is 336 g/mol. The maximum absolute atomic E-state index is 12.5. The van der Waals surface area contributed by atoms with Gasteiger partial charge in [0.1, 0.15) is 5.69 Å². The Morgan fingerprint density at radius 3 is 2.91 bits per heavy atom. The molecule has 1 amide bonds. The Morgan fingerprint density at radius 1 is 1.39 bits per heavy atom. The summed E-state index contributed by atoms with van der Waals surface area (Å²) in [6, 6.07) is 5.66. The second-order valence-corrected chi connectivity index (χ2v) is 6.17. The first-order chi connectivity index (χ1) is 11.2. The fraction of sp³-hybridized carbons (Fsp3) is 0.471. The predicted molar refractivity (Wildman–Crippen MR) is 92.3 cm³/mol. The van der Waals surface area contributed by atoms with Crippen molar-refractivity contribution in [3.8, 4) is 0 Å². The Kier molecular flexibility index (Phi) is 5.20. The van der Waals surface area contributed by atoms with Crippen molar-refractivity contribution in [1.29, 1.82) is 0 Å². The highest BCUT2D eigenvalue weighted by atomic mass is 35.5. The average Bonchev–Trinajstić information content (AvgIpc) is 2.93. The number of halogens is 1. The van der Waals surface area contributed by atoms with Crippen LogP contribution >= 0.6 is 11.6 Å². The molecule has 5 nitrogen and oxygen atoms in total. The van der Waals surface area contributed by atoms with Crippen LogP contribution in [0, 0.1) is 0 Å². The van der Waals surface area contributed by atoms with Gasteiger partial charge in [-0.1, -0.05) is 18.5 Å². The molecule has 0 saturated carbocycles. The van der Waals surface area contributed by atoms with Gasteiger partial charge in [-0.25, -0.2) is 0 Å². The van der Waals surface area contributed by atoms with Gasteiger partial charge in [0, 0.05) is 42.1 Å². The van der Waals surface area contributed by atoms with Crippen molar-refractivity contribution < 1.29 is 9.53 Å². The van der Waals surface area contributed by atoms with Crippen molar-refractivity contribution in [2.75, 3.05) is 39.4 Å². The molecule has 1 saturated heterocycles. The van der Waals surface area contributed by atoms with Gasteiger partial charge in [0.25, 0.3) is 5.91 Å². The molecule has 1 aromatic carbocycles. The number of nitrogens with one attached hydrogen (secondary N) is 2. The summed E-state index contributed by atoms with van der Waals surface area (Å²) < 4.78 is 5.33. The molecule has 2 heterocycles. The Bertz CT molecular complexity index is 692. The van der Waals surface area contributed by atoms with Crippen LogP contribution in [0.15, 0.2) is 18.2 Å². The third-order valence-electron chi connectivity index (χ3n) is 4.27. The van der Waals surface area contributed by atoms with E-state index in [9.17, 15) is 4.79 Å². The standard InChI is InChI=1S/C17H22ClN3O2/c1-2-13-14-11-12(18)3-4-15(14)20-16(13)17(22)19-5-6-21-7-9-23-10-8-21/h3-4,11,20H,2,5-10H2,1H3,(H,19,22). The number of amides is 1. The number of fused-ring (bicyclic) bond motifs is 1. The van der Waals surface area contributed by atoms with Gasteiger partial charge in [0.15, 0.2) is 0 Å². The Balaban J connectivity index is 1.67. The van der Waals surface area contributed by atoms with Crippen molar-refractivity contribution in [2.24, 2.45) is 0 Å². The summed E-state index contributed by atoms with van der Waals surface area (Å²) in [5.41, 5.74) is 2.61. The van der Waals surface area contributed by atoms with Crippen molar-refractivity contribution in [2.45, 2.75) is 13.3 Å². The van der Waals surface area contributed by atoms with Crippen LogP contribution in [-0.4, -0.2) is 55.2 Å². The van der Waals surface area contributed by atoms with Crippen molar-refractivity contribution >= 4 is 28.4 Å². The fourth-order valence-electron chi connectivity index (χ4n) is 3.02. The van der Waals surface area contributed by atoms with Gasteiger partial charge in [-0.2, -0.15) is 0 Å². The van der Waals surface area contributed by atoms with E-state index >= 15 is 0 Å². The van der Waals surface area contributed by atoms with Gasteiger partial charge in [-0.3, -0.25) is 9.69 Å². The van der Waals surface area contributed by atoms with Gasteiger partial charge in [-0.05, 0) is 30.2 Å². The van der Waals surface area contributed by atoms with Gasteiger partial charge in [0.2, 0.25) is 0 Å². The maximum Gasteiger partial charge on any atom is 0.268 e. The SMILES string of the molecule is CCc1c(C(=O)NCCN2CCOCC2)[nH]c2ccc(Cl)cc12. The highest BCUT2D eigenvalue weighted by Crippen LogP contribution is 2.26. The Labute approximate surface area is 140 Å². The fourth-order valence-corrected chi connectivity index (χ4v) is 3.19. The quantitative estimate of drug-likeness (QED) is 0.882. The van der Waals surface area contributed by atoms with Gasteiger partial charge in [0.05, 0.1) is 13.2 Å². The molecule has 2 N–H and O–H groups in total. The molecule has 0 aliphatic carbocycles. The highest BCUT2D eigenvalue weighted by Gasteiger charge is 2.17. The van der Waals surface area contributed by atoms with Crippen LogP contribution in [0.1, 0.15) is 23.0 Å².